The van der Waals surface area contributed by atoms with Gasteiger partial charge in [-0.15, -0.1) is 0 Å². The first-order valence-corrected chi connectivity index (χ1v) is 7.31. The van der Waals surface area contributed by atoms with Gasteiger partial charge in [0.2, 0.25) is 0 Å². The van der Waals surface area contributed by atoms with Crippen molar-refractivity contribution in [2.24, 2.45) is 0 Å². The minimum atomic E-state index is -0.112. The molecule has 0 aliphatic carbocycles. The van der Waals surface area contributed by atoms with Gasteiger partial charge >= 0.3 is 0 Å². The summed E-state index contributed by atoms with van der Waals surface area (Å²) in [5.41, 5.74) is 0.932. The van der Waals surface area contributed by atoms with E-state index in [1.165, 1.54) is 3.57 Å². The van der Waals surface area contributed by atoms with E-state index in [-0.39, 0.29) is 5.60 Å². The maximum absolute atomic E-state index is 5.68. The Hall–Kier alpha value is -0.950. The van der Waals surface area contributed by atoms with Crippen molar-refractivity contribution in [3.63, 3.8) is 0 Å². The van der Waals surface area contributed by atoms with Gasteiger partial charge in [-0.25, -0.2) is 4.98 Å². The number of hydrogen-bond donors (Lipinski definition) is 0. The van der Waals surface area contributed by atoms with Crippen molar-refractivity contribution in [3.8, 4) is 11.4 Å². The van der Waals surface area contributed by atoms with E-state index >= 15 is 0 Å². The first-order valence-electron chi connectivity index (χ1n) is 6.23. The Labute approximate surface area is 127 Å². The van der Waals surface area contributed by atoms with Crippen LogP contribution in [-0.4, -0.2) is 27.0 Å². The fourth-order valence-electron chi connectivity index (χ4n) is 1.61. The maximum Gasteiger partial charge on any atom is 0.181 e. The third-order valence-electron chi connectivity index (χ3n) is 2.47. The van der Waals surface area contributed by atoms with Crippen molar-refractivity contribution in [3.05, 3.63) is 34.2 Å². The third-order valence-corrected chi connectivity index (χ3v) is 3.15. The molecule has 0 saturated carbocycles. The zero-order chi connectivity index (χ0) is 13.9. The van der Waals surface area contributed by atoms with Crippen LogP contribution in [0.25, 0.3) is 11.4 Å². The van der Waals surface area contributed by atoms with E-state index in [9.17, 15) is 0 Å². The average Bonchev–Trinajstić information content (AvgIpc) is 2.76. The standard InChI is InChI=1S/C14H18IN3O/c1-14(2,3)19-8-7-18-10-16-13(17-18)11-5-4-6-12(15)9-11/h4-6,9-10H,7-8H2,1-3H3. The molecule has 0 aliphatic heterocycles. The van der Waals surface area contributed by atoms with E-state index in [2.05, 4.69) is 44.8 Å². The van der Waals surface area contributed by atoms with Crippen molar-refractivity contribution >= 4 is 22.6 Å². The zero-order valence-electron chi connectivity index (χ0n) is 11.4. The summed E-state index contributed by atoms with van der Waals surface area (Å²) in [4.78, 5) is 4.34. The van der Waals surface area contributed by atoms with Gasteiger partial charge in [-0.05, 0) is 55.5 Å². The van der Waals surface area contributed by atoms with Crippen LogP contribution in [0.2, 0.25) is 0 Å². The summed E-state index contributed by atoms with van der Waals surface area (Å²) in [7, 11) is 0. The van der Waals surface area contributed by atoms with Gasteiger partial charge in [0.15, 0.2) is 5.82 Å². The summed E-state index contributed by atoms with van der Waals surface area (Å²) in [6, 6.07) is 8.16. The minimum Gasteiger partial charge on any atom is -0.374 e. The summed E-state index contributed by atoms with van der Waals surface area (Å²) in [5.74, 6) is 0.759. The van der Waals surface area contributed by atoms with Crippen LogP contribution in [0.3, 0.4) is 0 Å². The molecule has 2 rings (SSSR count). The monoisotopic (exact) mass is 371 g/mol. The Kier molecular flexibility index (Phi) is 4.57. The lowest BCUT2D eigenvalue weighted by Crippen LogP contribution is -2.22. The molecule has 0 atom stereocenters. The largest absolute Gasteiger partial charge is 0.374 e. The van der Waals surface area contributed by atoms with Crippen molar-refractivity contribution in [2.45, 2.75) is 32.9 Å². The number of nitrogens with zero attached hydrogens (tertiary/aromatic N) is 3. The normalized spacial score (nSPS) is 11.8. The predicted octanol–water partition coefficient (Wildman–Crippen LogP) is 3.36. The van der Waals surface area contributed by atoms with Crippen LogP contribution in [0.15, 0.2) is 30.6 Å². The number of hydrogen-bond acceptors (Lipinski definition) is 3. The lowest BCUT2D eigenvalue weighted by atomic mass is 10.2. The van der Waals surface area contributed by atoms with E-state index in [4.69, 9.17) is 4.74 Å². The van der Waals surface area contributed by atoms with Crippen LogP contribution in [-0.2, 0) is 11.3 Å². The number of ether oxygens (including phenoxy) is 1. The predicted molar refractivity (Wildman–Crippen MR) is 83.9 cm³/mol. The molecule has 1 aromatic heterocycles. The highest BCUT2D eigenvalue weighted by Gasteiger charge is 2.10. The second-order valence-electron chi connectivity index (χ2n) is 5.30. The van der Waals surface area contributed by atoms with Crippen molar-refractivity contribution in [2.75, 3.05) is 6.61 Å². The first kappa shape index (κ1) is 14.5. The van der Waals surface area contributed by atoms with Gasteiger partial charge in [-0.3, -0.25) is 4.68 Å². The van der Waals surface area contributed by atoms with Gasteiger partial charge in [0.25, 0.3) is 0 Å². The molecule has 5 heteroatoms. The Morgan fingerprint density at radius 2 is 2.11 bits per heavy atom. The smallest absolute Gasteiger partial charge is 0.181 e. The molecule has 0 bridgehead atoms. The molecule has 0 fully saturated rings. The highest BCUT2D eigenvalue weighted by Crippen LogP contribution is 2.17. The fourth-order valence-corrected chi connectivity index (χ4v) is 2.15. The second-order valence-corrected chi connectivity index (χ2v) is 6.55. The molecule has 0 amide bonds. The maximum atomic E-state index is 5.68. The Bertz CT molecular complexity index is 546. The van der Waals surface area contributed by atoms with Crippen molar-refractivity contribution in [1.29, 1.82) is 0 Å². The van der Waals surface area contributed by atoms with Crippen LogP contribution >= 0.6 is 22.6 Å². The van der Waals surface area contributed by atoms with E-state index in [0.29, 0.717) is 13.2 Å². The number of halogens is 1. The van der Waals surface area contributed by atoms with E-state index in [0.717, 1.165) is 11.4 Å². The molecule has 2 aromatic rings. The van der Waals surface area contributed by atoms with Crippen LogP contribution < -0.4 is 0 Å². The Morgan fingerprint density at radius 1 is 1.32 bits per heavy atom. The van der Waals surface area contributed by atoms with Crippen LogP contribution in [0.4, 0.5) is 0 Å². The zero-order valence-corrected chi connectivity index (χ0v) is 13.6. The van der Waals surface area contributed by atoms with Crippen LogP contribution in [0.5, 0.6) is 0 Å². The summed E-state index contributed by atoms with van der Waals surface area (Å²) in [5, 5.41) is 4.46. The molecule has 0 N–H and O–H groups in total. The number of benzene rings is 1. The second kappa shape index (κ2) is 6.00. The molecule has 0 aliphatic rings. The van der Waals surface area contributed by atoms with Gasteiger partial charge in [0.05, 0.1) is 18.8 Å². The molecule has 0 unspecified atom stereocenters. The number of rotatable bonds is 4. The molecule has 102 valence electrons. The highest BCUT2D eigenvalue weighted by molar-refractivity contribution is 14.1. The number of aromatic nitrogens is 3. The fraction of sp³-hybridized carbons (Fsp3) is 0.429. The topological polar surface area (TPSA) is 39.9 Å². The molecule has 1 aromatic carbocycles. The van der Waals surface area contributed by atoms with Crippen molar-refractivity contribution < 1.29 is 4.74 Å². The van der Waals surface area contributed by atoms with E-state index in [1.807, 2.05) is 37.6 Å². The summed E-state index contributed by atoms with van der Waals surface area (Å²) in [6.07, 6.45) is 1.75. The van der Waals surface area contributed by atoms with E-state index < -0.39 is 0 Å². The lowest BCUT2D eigenvalue weighted by molar-refractivity contribution is -0.00790. The van der Waals surface area contributed by atoms with Gasteiger partial charge < -0.3 is 4.74 Å². The summed E-state index contributed by atoms with van der Waals surface area (Å²) < 4.78 is 8.68. The highest BCUT2D eigenvalue weighted by atomic mass is 127. The average molecular weight is 371 g/mol. The molecule has 4 nitrogen and oxygen atoms in total. The molecule has 0 radical (unpaired) electrons. The molecule has 19 heavy (non-hydrogen) atoms. The van der Waals surface area contributed by atoms with Gasteiger partial charge in [-0.1, -0.05) is 12.1 Å². The first-order chi connectivity index (χ1) is 8.94. The van der Waals surface area contributed by atoms with Crippen LogP contribution in [0.1, 0.15) is 20.8 Å². The quantitative estimate of drug-likeness (QED) is 0.774. The summed E-state index contributed by atoms with van der Waals surface area (Å²) >= 11 is 2.29. The van der Waals surface area contributed by atoms with Gasteiger partial charge in [-0.2, -0.15) is 5.10 Å². The molecule has 0 spiro atoms. The van der Waals surface area contributed by atoms with Gasteiger partial charge in [0, 0.05) is 9.13 Å². The Morgan fingerprint density at radius 3 is 2.79 bits per heavy atom. The minimum absolute atomic E-state index is 0.112. The molecule has 1 heterocycles. The molecular weight excluding hydrogens is 353 g/mol. The van der Waals surface area contributed by atoms with Crippen molar-refractivity contribution in [1.82, 2.24) is 14.8 Å². The third kappa shape index (κ3) is 4.58. The molecule has 0 saturated heterocycles. The van der Waals surface area contributed by atoms with Crippen LogP contribution in [0, 0.1) is 3.57 Å². The summed E-state index contributed by atoms with van der Waals surface area (Å²) in [6.45, 7) is 7.50. The van der Waals surface area contributed by atoms with E-state index in [1.54, 1.807) is 6.33 Å². The SMILES string of the molecule is CC(C)(C)OCCn1cnc(-c2cccc(I)c2)n1. The molecular formula is C14H18IN3O. The van der Waals surface area contributed by atoms with Gasteiger partial charge in [0.1, 0.15) is 6.33 Å². The lowest BCUT2D eigenvalue weighted by Gasteiger charge is -2.19. The Balaban J connectivity index is 1.99.